The summed E-state index contributed by atoms with van der Waals surface area (Å²) in [4.78, 5) is 9.91. The molecule has 0 aliphatic carbocycles. The Balaban J connectivity index is 2.57. The number of anilines is 3. The summed E-state index contributed by atoms with van der Waals surface area (Å²) in [5.41, 5.74) is 5.07. The van der Waals surface area contributed by atoms with Crippen LogP contribution >= 0.6 is 0 Å². The van der Waals surface area contributed by atoms with Gasteiger partial charge in [0.15, 0.2) is 0 Å². The number of benzene rings is 1. The number of nitrogen functional groups attached to an aromatic ring is 1. The number of nitrogens with zero attached hydrogens (tertiary/aromatic N) is 3. The molecule has 0 radical (unpaired) electrons. The minimum Gasteiger partial charge on any atom is -0.464 e. The molecule has 0 amide bonds. The number of rotatable bonds is 6. The molecule has 1 aromatic carbocycles. The van der Waals surface area contributed by atoms with E-state index >= 15 is 0 Å². The van der Waals surface area contributed by atoms with Gasteiger partial charge in [0.1, 0.15) is 4.90 Å². The van der Waals surface area contributed by atoms with E-state index < -0.39 is 35.7 Å². The monoisotopic (exact) mass is 391 g/mol. The molecule has 0 bridgehead atoms. The number of nitrogens with one attached hydrogen (secondary N) is 1. The third-order valence-electron chi connectivity index (χ3n) is 2.68. The number of ether oxygens (including phenoxy) is 1. The van der Waals surface area contributed by atoms with Gasteiger partial charge in [0.25, 0.3) is 20.2 Å². The van der Waals surface area contributed by atoms with Gasteiger partial charge in [-0.3, -0.25) is 9.11 Å². The lowest BCUT2D eigenvalue weighted by Gasteiger charge is -2.11. The maximum atomic E-state index is 11.4. The molecule has 0 spiro atoms. The van der Waals surface area contributed by atoms with E-state index in [4.69, 9.17) is 15.0 Å². The second-order valence-electron chi connectivity index (χ2n) is 4.47. The molecule has 0 atom stereocenters. The van der Waals surface area contributed by atoms with Gasteiger partial charge in [-0.05, 0) is 25.1 Å². The first-order valence-electron chi connectivity index (χ1n) is 6.51. The summed E-state index contributed by atoms with van der Waals surface area (Å²) in [6.45, 7) is 1.89. The van der Waals surface area contributed by atoms with Crippen LogP contribution in [-0.4, -0.2) is 47.5 Å². The molecule has 1 aromatic heterocycles. The first-order valence-corrected chi connectivity index (χ1v) is 9.39. The second kappa shape index (κ2) is 6.75. The van der Waals surface area contributed by atoms with Crippen molar-refractivity contribution in [1.82, 2.24) is 15.0 Å². The van der Waals surface area contributed by atoms with Crippen molar-refractivity contribution in [3.63, 3.8) is 0 Å². The van der Waals surface area contributed by atoms with E-state index in [1.54, 1.807) is 6.92 Å². The van der Waals surface area contributed by atoms with Gasteiger partial charge in [-0.25, -0.2) is 0 Å². The zero-order valence-electron chi connectivity index (χ0n) is 12.6. The first-order chi connectivity index (χ1) is 11.5. The highest BCUT2D eigenvalue weighted by molar-refractivity contribution is 7.86. The highest BCUT2D eigenvalue weighted by atomic mass is 32.2. The van der Waals surface area contributed by atoms with Crippen molar-refractivity contribution in [2.24, 2.45) is 0 Å². The fraction of sp³-hybridized carbons (Fsp3) is 0.182. The minimum absolute atomic E-state index is 0.156. The van der Waals surface area contributed by atoms with Gasteiger partial charge in [0.2, 0.25) is 11.9 Å². The summed E-state index contributed by atoms with van der Waals surface area (Å²) in [5, 5.41) is 2.39. The smallest absolute Gasteiger partial charge is 0.323 e. The molecular weight excluding hydrogens is 378 g/mol. The van der Waals surface area contributed by atoms with Crippen LogP contribution in [0.3, 0.4) is 0 Å². The summed E-state index contributed by atoms with van der Waals surface area (Å²) in [7, 11) is -9.34. The van der Waals surface area contributed by atoms with Crippen molar-refractivity contribution in [3.8, 4) is 6.01 Å². The quantitative estimate of drug-likeness (QED) is 0.485. The molecule has 0 unspecified atom stereocenters. The van der Waals surface area contributed by atoms with Gasteiger partial charge in [0.05, 0.1) is 17.2 Å². The second-order valence-corrected chi connectivity index (χ2v) is 7.28. The molecule has 1 heterocycles. The third-order valence-corrected chi connectivity index (χ3v) is 4.44. The van der Waals surface area contributed by atoms with Crippen LogP contribution in [0.1, 0.15) is 6.92 Å². The molecule has 2 rings (SSSR count). The van der Waals surface area contributed by atoms with Crippen LogP contribution < -0.4 is 15.8 Å². The first kappa shape index (κ1) is 18.8. The van der Waals surface area contributed by atoms with Crippen LogP contribution in [0.2, 0.25) is 0 Å². The Kier molecular flexibility index (Phi) is 5.07. The normalized spacial score (nSPS) is 12.0. The van der Waals surface area contributed by atoms with E-state index in [0.717, 1.165) is 18.2 Å². The SMILES string of the molecule is CCOc1nc(N)nc(Nc2cc(S(=O)(=O)O)ccc2S(=O)(=O)O)n1. The van der Waals surface area contributed by atoms with Crippen molar-refractivity contribution >= 4 is 37.8 Å². The van der Waals surface area contributed by atoms with E-state index in [2.05, 4.69) is 20.3 Å². The number of hydrogen-bond acceptors (Lipinski definition) is 10. The molecule has 14 heteroatoms. The van der Waals surface area contributed by atoms with Gasteiger partial charge < -0.3 is 15.8 Å². The zero-order valence-corrected chi connectivity index (χ0v) is 14.2. The van der Waals surface area contributed by atoms with Crippen LogP contribution in [-0.2, 0) is 20.2 Å². The van der Waals surface area contributed by atoms with Gasteiger partial charge >= 0.3 is 6.01 Å². The molecule has 2 aromatic rings. The predicted octanol–water partition coefficient (Wildman–Crippen LogP) is 0.0895. The van der Waals surface area contributed by atoms with Gasteiger partial charge in [0, 0.05) is 0 Å². The van der Waals surface area contributed by atoms with Gasteiger partial charge in [-0.1, -0.05) is 0 Å². The molecule has 25 heavy (non-hydrogen) atoms. The summed E-state index contributed by atoms with van der Waals surface area (Å²) in [6, 6.07) is 2.21. The van der Waals surface area contributed by atoms with E-state index in [0.29, 0.717) is 0 Å². The molecule has 0 aliphatic heterocycles. The predicted molar refractivity (Wildman–Crippen MR) is 84.8 cm³/mol. The topological polar surface area (TPSA) is 195 Å². The Bertz CT molecular complexity index is 1010. The highest BCUT2D eigenvalue weighted by Crippen LogP contribution is 2.27. The Labute approximate surface area is 142 Å². The molecule has 0 aliphatic rings. The maximum Gasteiger partial charge on any atom is 0.323 e. The fourth-order valence-corrected chi connectivity index (χ4v) is 2.87. The van der Waals surface area contributed by atoms with Crippen molar-refractivity contribution < 1.29 is 30.7 Å². The average Bonchev–Trinajstić information content (AvgIpc) is 2.44. The van der Waals surface area contributed by atoms with Crippen molar-refractivity contribution in [2.45, 2.75) is 16.7 Å². The number of hydrogen-bond donors (Lipinski definition) is 4. The third kappa shape index (κ3) is 4.72. The number of nitrogens with two attached hydrogens (primary N) is 1. The zero-order chi connectivity index (χ0) is 18.8. The van der Waals surface area contributed by atoms with Crippen LogP contribution in [0.5, 0.6) is 6.01 Å². The Hall–Kier alpha value is -2.55. The Morgan fingerprint density at radius 1 is 1.12 bits per heavy atom. The van der Waals surface area contributed by atoms with E-state index in [1.807, 2.05) is 0 Å². The van der Waals surface area contributed by atoms with E-state index in [9.17, 15) is 21.4 Å². The van der Waals surface area contributed by atoms with Crippen molar-refractivity contribution in [3.05, 3.63) is 18.2 Å². The molecular formula is C11H13N5O7S2. The Morgan fingerprint density at radius 3 is 2.36 bits per heavy atom. The van der Waals surface area contributed by atoms with Crippen LogP contribution in [0, 0.1) is 0 Å². The van der Waals surface area contributed by atoms with E-state index in [1.165, 1.54) is 0 Å². The number of aromatic nitrogens is 3. The lowest BCUT2D eigenvalue weighted by atomic mass is 10.3. The minimum atomic E-state index is -4.72. The molecule has 136 valence electrons. The molecule has 0 saturated carbocycles. The molecule has 5 N–H and O–H groups in total. The summed E-state index contributed by atoms with van der Waals surface area (Å²) >= 11 is 0. The lowest BCUT2D eigenvalue weighted by molar-refractivity contribution is 0.312. The van der Waals surface area contributed by atoms with Gasteiger partial charge in [-0.2, -0.15) is 31.8 Å². The summed E-state index contributed by atoms with van der Waals surface area (Å²) < 4.78 is 68.7. The molecule has 0 fully saturated rings. The highest BCUT2D eigenvalue weighted by Gasteiger charge is 2.21. The van der Waals surface area contributed by atoms with Gasteiger partial charge in [-0.15, -0.1) is 0 Å². The summed E-state index contributed by atoms with van der Waals surface area (Å²) in [6.07, 6.45) is 0. The fourth-order valence-electron chi connectivity index (χ4n) is 1.73. The van der Waals surface area contributed by atoms with Crippen LogP contribution in [0.25, 0.3) is 0 Å². The largest absolute Gasteiger partial charge is 0.464 e. The molecule has 0 saturated heterocycles. The summed E-state index contributed by atoms with van der Waals surface area (Å²) in [5.74, 6) is -0.520. The van der Waals surface area contributed by atoms with Crippen molar-refractivity contribution in [2.75, 3.05) is 17.7 Å². The standard InChI is InChI=1S/C11H13N5O7S2/c1-2-23-11-15-9(12)14-10(16-11)13-7-5-6(24(17,18)19)3-4-8(7)25(20,21)22/h3-5H,2H2,1H3,(H,17,18,19)(H,20,21,22)(H3,12,13,14,15,16). The average molecular weight is 391 g/mol. The van der Waals surface area contributed by atoms with Crippen molar-refractivity contribution in [1.29, 1.82) is 0 Å². The maximum absolute atomic E-state index is 11.4. The lowest BCUT2D eigenvalue weighted by Crippen LogP contribution is -2.10. The van der Waals surface area contributed by atoms with Crippen LogP contribution in [0.4, 0.5) is 17.6 Å². The molecule has 12 nitrogen and oxygen atoms in total. The van der Waals surface area contributed by atoms with Crippen LogP contribution in [0.15, 0.2) is 28.0 Å². The Morgan fingerprint density at radius 2 is 1.80 bits per heavy atom. The van der Waals surface area contributed by atoms with E-state index in [-0.39, 0.29) is 24.5 Å².